The molecule has 0 bridgehead atoms. The van der Waals surface area contributed by atoms with Gasteiger partial charge in [0.1, 0.15) is 12.1 Å². The average molecular weight is 737 g/mol. The fraction of sp³-hybridized carbons (Fsp3) is 0.868. The van der Waals surface area contributed by atoms with Crippen LogP contribution in [0.3, 0.4) is 0 Å². The van der Waals surface area contributed by atoms with E-state index in [4.69, 9.17) is 4.74 Å². The van der Waals surface area contributed by atoms with E-state index in [0.29, 0.717) is 19.3 Å². The number of hydrogen-bond acceptors (Lipinski definition) is 8. The highest BCUT2D eigenvalue weighted by molar-refractivity contribution is 7.92. The van der Waals surface area contributed by atoms with Gasteiger partial charge in [0, 0.05) is 19.9 Å². The second-order valence-electron chi connectivity index (χ2n) is 17.8. The molecule has 13 heteroatoms. The number of Topliss-reactive ketones (excluding diaryl/α,β-unsaturated/α-hetero) is 2. The number of nitrogens with zero attached hydrogens (tertiary/aromatic N) is 1. The predicted molar refractivity (Wildman–Crippen MR) is 196 cm³/mol. The fourth-order valence-electron chi connectivity index (χ4n) is 8.24. The van der Waals surface area contributed by atoms with E-state index in [1.54, 1.807) is 20.8 Å². The molecule has 4 rings (SSSR count). The van der Waals surface area contributed by atoms with Crippen molar-refractivity contribution in [2.24, 2.45) is 11.8 Å². The van der Waals surface area contributed by atoms with E-state index in [9.17, 15) is 32.4 Å². The van der Waals surface area contributed by atoms with Crippen LogP contribution in [-0.2, 0) is 33.8 Å². The summed E-state index contributed by atoms with van der Waals surface area (Å²) < 4.78 is 32.1. The first kappa shape index (κ1) is 41.2. The van der Waals surface area contributed by atoms with Crippen LogP contribution in [0.15, 0.2) is 0 Å². The van der Waals surface area contributed by atoms with Crippen molar-refractivity contribution in [1.29, 1.82) is 0 Å². The number of carbonyl (C=O) groups is 5. The number of nitrogens with one attached hydrogen (secondary N) is 3. The lowest BCUT2D eigenvalue weighted by molar-refractivity contribution is -0.143. The highest BCUT2D eigenvalue weighted by atomic mass is 32.2. The summed E-state index contributed by atoms with van der Waals surface area (Å²) in [5.74, 6) is -2.27. The van der Waals surface area contributed by atoms with Crippen molar-refractivity contribution in [2.45, 2.75) is 185 Å². The van der Waals surface area contributed by atoms with Crippen LogP contribution in [0, 0.1) is 11.8 Å². The Morgan fingerprint density at radius 1 is 0.843 bits per heavy atom. The Kier molecular flexibility index (Phi) is 13.4. The van der Waals surface area contributed by atoms with Gasteiger partial charge in [-0.1, -0.05) is 57.8 Å². The first-order chi connectivity index (χ1) is 23.7. The number of ether oxygens (including phenoxy) is 1. The van der Waals surface area contributed by atoms with Crippen molar-refractivity contribution in [3.8, 4) is 0 Å². The topological polar surface area (TPSA) is 168 Å². The molecule has 3 N–H and O–H groups in total. The number of sulfone groups is 1. The molecule has 1 aliphatic heterocycles. The highest BCUT2D eigenvalue weighted by Crippen LogP contribution is 2.35. The van der Waals surface area contributed by atoms with Gasteiger partial charge in [-0.05, 0) is 85.5 Å². The number of urea groups is 1. The van der Waals surface area contributed by atoms with E-state index in [1.807, 2.05) is 20.8 Å². The van der Waals surface area contributed by atoms with Crippen molar-refractivity contribution in [1.82, 2.24) is 20.9 Å². The molecule has 4 atom stereocenters. The van der Waals surface area contributed by atoms with Crippen LogP contribution in [0.1, 0.15) is 145 Å². The summed E-state index contributed by atoms with van der Waals surface area (Å²) >= 11 is 0. The van der Waals surface area contributed by atoms with Gasteiger partial charge in [-0.25, -0.2) is 13.2 Å². The zero-order valence-corrected chi connectivity index (χ0v) is 32.9. The van der Waals surface area contributed by atoms with Crippen molar-refractivity contribution in [3.05, 3.63) is 0 Å². The minimum Gasteiger partial charge on any atom is -0.371 e. The summed E-state index contributed by atoms with van der Waals surface area (Å²) in [4.78, 5) is 69.3. The van der Waals surface area contributed by atoms with Gasteiger partial charge in [0.15, 0.2) is 15.6 Å². The van der Waals surface area contributed by atoms with Crippen LogP contribution in [-0.4, -0.2) is 95.1 Å². The van der Waals surface area contributed by atoms with Crippen LogP contribution in [0.2, 0.25) is 0 Å². The molecule has 4 amide bonds. The Balaban J connectivity index is 1.60. The van der Waals surface area contributed by atoms with Gasteiger partial charge in [0.05, 0.1) is 33.8 Å². The van der Waals surface area contributed by atoms with Gasteiger partial charge >= 0.3 is 6.03 Å². The number of ketones is 2. The molecular formula is C38H64N4O8S. The van der Waals surface area contributed by atoms with Crippen molar-refractivity contribution in [2.75, 3.05) is 12.3 Å². The van der Waals surface area contributed by atoms with Gasteiger partial charge in [-0.2, -0.15) is 0 Å². The molecule has 0 radical (unpaired) electrons. The molecule has 4 aliphatic rings. The maximum atomic E-state index is 14.7. The summed E-state index contributed by atoms with van der Waals surface area (Å²) in [7, 11) is -3.57. The molecular weight excluding hydrogens is 673 g/mol. The normalized spacial score (nSPS) is 24.6. The largest absolute Gasteiger partial charge is 0.371 e. The summed E-state index contributed by atoms with van der Waals surface area (Å²) in [6, 6.07) is -3.46. The van der Waals surface area contributed by atoms with Gasteiger partial charge in [-0.3, -0.25) is 19.2 Å². The zero-order valence-electron chi connectivity index (χ0n) is 32.1. The molecule has 0 aromatic carbocycles. The highest BCUT2D eigenvalue weighted by Gasteiger charge is 2.47. The number of carbonyl (C=O) groups excluding carboxylic acids is 5. The summed E-state index contributed by atoms with van der Waals surface area (Å²) in [5.41, 5.74) is -1.50. The fourth-order valence-corrected chi connectivity index (χ4v) is 9.76. The molecule has 0 spiro atoms. The first-order valence-corrected chi connectivity index (χ1v) is 21.0. The average Bonchev–Trinajstić information content (AvgIpc) is 3.42. The van der Waals surface area contributed by atoms with E-state index in [0.717, 1.165) is 70.6 Å². The van der Waals surface area contributed by atoms with Crippen molar-refractivity contribution >= 4 is 39.2 Å². The lowest BCUT2D eigenvalue weighted by Gasteiger charge is -2.40. The predicted octanol–water partition coefficient (Wildman–Crippen LogP) is 4.77. The minimum absolute atomic E-state index is 0.127. The van der Waals surface area contributed by atoms with E-state index in [-0.39, 0.29) is 30.6 Å². The minimum atomic E-state index is -3.57. The molecule has 3 saturated carbocycles. The molecule has 290 valence electrons. The maximum Gasteiger partial charge on any atom is 0.315 e. The molecule has 0 aromatic rings. The van der Waals surface area contributed by atoms with E-state index >= 15 is 0 Å². The summed E-state index contributed by atoms with van der Waals surface area (Å²) in [5, 5.41) is 8.89. The van der Waals surface area contributed by atoms with Gasteiger partial charge < -0.3 is 25.6 Å². The lowest BCUT2D eigenvalue weighted by atomic mass is 9.80. The number of hydrogen-bond donors (Lipinski definition) is 3. The molecule has 51 heavy (non-hydrogen) atoms. The zero-order chi connectivity index (χ0) is 37.8. The molecule has 1 unspecified atom stereocenters. The molecule has 1 saturated heterocycles. The second kappa shape index (κ2) is 16.6. The van der Waals surface area contributed by atoms with Gasteiger partial charge in [0.2, 0.25) is 17.6 Å². The number of amides is 4. The molecule has 12 nitrogen and oxygen atoms in total. The van der Waals surface area contributed by atoms with E-state index in [1.165, 1.54) is 11.8 Å². The molecule has 1 heterocycles. The van der Waals surface area contributed by atoms with E-state index in [2.05, 4.69) is 16.0 Å². The monoisotopic (exact) mass is 736 g/mol. The van der Waals surface area contributed by atoms with E-state index < -0.39 is 79.4 Å². The molecule has 3 aliphatic carbocycles. The van der Waals surface area contributed by atoms with Crippen LogP contribution in [0.25, 0.3) is 0 Å². The second-order valence-corrected chi connectivity index (χ2v) is 20.5. The third-order valence-electron chi connectivity index (χ3n) is 11.4. The van der Waals surface area contributed by atoms with Crippen molar-refractivity contribution < 1.29 is 37.1 Å². The van der Waals surface area contributed by atoms with Crippen LogP contribution >= 0.6 is 0 Å². The van der Waals surface area contributed by atoms with Crippen LogP contribution in [0.4, 0.5) is 4.79 Å². The smallest absolute Gasteiger partial charge is 0.315 e. The maximum absolute atomic E-state index is 14.7. The standard InChI is InChI=1S/C38H64N4O8S/c1-25(43)32(44)29(21-26-15-14-16-26)39-33(45)30-22-28(50-36(2,3)4)23-42(30)34(46)31(27-17-10-8-11-18-27)40-35(47)41-38(19-12-9-13-20-38)24-51(48,49)37(5,6)7/h26-31H,8-24H2,1-7H3,(H,39,45)(H2,40,41,47)/t28-,29?,30+,31+/m1/s1. The Hall–Kier alpha value is -2.54. The summed E-state index contributed by atoms with van der Waals surface area (Å²) in [6.45, 7) is 12.1. The summed E-state index contributed by atoms with van der Waals surface area (Å²) in [6.07, 6.45) is 10.9. The Labute approximate surface area is 305 Å². The number of rotatable bonds is 13. The van der Waals surface area contributed by atoms with Crippen molar-refractivity contribution in [3.63, 3.8) is 0 Å². The molecule has 0 aromatic heterocycles. The Bertz CT molecular complexity index is 1380. The van der Waals surface area contributed by atoms with Crippen LogP contribution in [0.5, 0.6) is 0 Å². The quantitative estimate of drug-likeness (QED) is 0.228. The molecule has 4 fully saturated rings. The SMILES string of the molecule is CC(=O)C(=O)C(CC1CCC1)NC(=O)[C@@H]1C[C@@H](OC(C)(C)C)CN1C(=O)[C@@H](NC(=O)NC1(CS(=O)(=O)C(C)(C)C)CCCCC1)C1CCCCC1. The lowest BCUT2D eigenvalue weighted by Crippen LogP contribution is -2.62. The Morgan fingerprint density at radius 3 is 1.98 bits per heavy atom. The number of likely N-dealkylation sites (tertiary alicyclic amines) is 1. The third kappa shape index (κ3) is 11.0. The Morgan fingerprint density at radius 2 is 1.45 bits per heavy atom. The van der Waals surface area contributed by atoms with Crippen LogP contribution < -0.4 is 16.0 Å². The third-order valence-corrected chi connectivity index (χ3v) is 14.2. The first-order valence-electron chi connectivity index (χ1n) is 19.3. The van der Waals surface area contributed by atoms with Gasteiger partial charge in [0.25, 0.3) is 0 Å². The van der Waals surface area contributed by atoms with Gasteiger partial charge in [-0.15, -0.1) is 0 Å².